The first-order valence-corrected chi connectivity index (χ1v) is 6.91. The third-order valence-electron chi connectivity index (χ3n) is 3.07. The average molecular weight is 288 g/mol. The minimum Gasteiger partial charge on any atom is -0.462 e. The molecule has 0 saturated heterocycles. The van der Waals surface area contributed by atoms with Crippen LogP contribution in [0.2, 0.25) is 0 Å². The molecule has 0 atom stereocenters. The average Bonchev–Trinajstić information content (AvgIpc) is 2.81. The second-order valence-electron chi connectivity index (χ2n) is 4.66. The Kier molecular flexibility index (Phi) is 4.47. The van der Waals surface area contributed by atoms with Gasteiger partial charge in [-0.3, -0.25) is 4.68 Å². The molecule has 0 aliphatic carbocycles. The number of nitrogens with two attached hydrogens (primary N) is 1. The zero-order valence-electron chi connectivity index (χ0n) is 12.5. The van der Waals surface area contributed by atoms with Crippen molar-refractivity contribution in [2.75, 3.05) is 17.7 Å². The van der Waals surface area contributed by atoms with Gasteiger partial charge in [-0.15, -0.1) is 0 Å². The Bertz CT molecular complexity index is 649. The van der Waals surface area contributed by atoms with E-state index in [9.17, 15) is 4.79 Å². The highest BCUT2D eigenvalue weighted by Crippen LogP contribution is 2.24. The van der Waals surface area contributed by atoms with E-state index in [2.05, 4.69) is 10.4 Å². The number of nitrogen functional groups attached to an aromatic ring is 1. The maximum Gasteiger partial charge on any atom is 0.340 e. The molecule has 0 unspecified atom stereocenters. The van der Waals surface area contributed by atoms with E-state index >= 15 is 0 Å². The van der Waals surface area contributed by atoms with Gasteiger partial charge in [-0.2, -0.15) is 5.10 Å². The van der Waals surface area contributed by atoms with Gasteiger partial charge in [-0.25, -0.2) is 4.79 Å². The third kappa shape index (κ3) is 3.34. The zero-order chi connectivity index (χ0) is 15.4. The number of benzene rings is 1. The maximum atomic E-state index is 11.9. The number of carbonyl (C=O) groups is 1. The van der Waals surface area contributed by atoms with Crippen molar-refractivity contribution in [1.29, 1.82) is 0 Å². The first kappa shape index (κ1) is 14.9. The molecule has 0 spiro atoms. The Balaban J connectivity index is 2.28. The van der Waals surface area contributed by atoms with Gasteiger partial charge in [0.1, 0.15) is 0 Å². The van der Waals surface area contributed by atoms with E-state index in [1.807, 2.05) is 26.2 Å². The van der Waals surface area contributed by atoms with Gasteiger partial charge in [0.25, 0.3) is 0 Å². The molecule has 3 N–H and O–H groups in total. The lowest BCUT2D eigenvalue weighted by Gasteiger charge is -2.10. The molecule has 6 heteroatoms. The van der Waals surface area contributed by atoms with E-state index in [1.54, 1.807) is 23.7 Å². The van der Waals surface area contributed by atoms with E-state index in [1.165, 1.54) is 0 Å². The molecule has 112 valence electrons. The molecule has 0 radical (unpaired) electrons. The van der Waals surface area contributed by atoms with Crippen LogP contribution in [0.1, 0.15) is 29.9 Å². The quantitative estimate of drug-likeness (QED) is 0.652. The molecule has 1 aromatic carbocycles. The second-order valence-corrected chi connectivity index (χ2v) is 4.66. The van der Waals surface area contributed by atoms with Crippen molar-refractivity contribution in [3.63, 3.8) is 0 Å². The molecule has 0 fully saturated rings. The number of hydrogen-bond donors (Lipinski definition) is 2. The van der Waals surface area contributed by atoms with Gasteiger partial charge in [0, 0.05) is 24.6 Å². The normalized spacial score (nSPS) is 10.4. The van der Waals surface area contributed by atoms with Crippen LogP contribution in [0.4, 0.5) is 17.1 Å². The first-order chi connectivity index (χ1) is 10.0. The Hall–Kier alpha value is -2.50. The molecular formula is C15H20N4O2. The molecule has 1 heterocycles. The van der Waals surface area contributed by atoms with E-state index in [0.29, 0.717) is 17.9 Å². The van der Waals surface area contributed by atoms with Crippen molar-refractivity contribution in [1.82, 2.24) is 9.78 Å². The summed E-state index contributed by atoms with van der Waals surface area (Å²) in [5.74, 6) is -0.416. The van der Waals surface area contributed by atoms with Crippen molar-refractivity contribution in [2.45, 2.75) is 20.3 Å². The van der Waals surface area contributed by atoms with E-state index in [4.69, 9.17) is 10.5 Å². The van der Waals surface area contributed by atoms with Gasteiger partial charge in [-0.1, -0.05) is 6.92 Å². The summed E-state index contributed by atoms with van der Waals surface area (Å²) in [7, 11) is 1.87. The molecule has 21 heavy (non-hydrogen) atoms. The molecule has 6 nitrogen and oxygen atoms in total. The fraction of sp³-hybridized carbons (Fsp3) is 0.333. The third-order valence-corrected chi connectivity index (χ3v) is 3.07. The summed E-state index contributed by atoms with van der Waals surface area (Å²) in [6.07, 6.45) is 2.72. The molecular weight excluding hydrogens is 268 g/mol. The summed E-state index contributed by atoms with van der Waals surface area (Å²) in [6, 6.07) is 5.21. The smallest absolute Gasteiger partial charge is 0.340 e. The number of carbonyl (C=O) groups excluding carboxylic acids is 1. The summed E-state index contributed by atoms with van der Waals surface area (Å²) >= 11 is 0. The monoisotopic (exact) mass is 288 g/mol. The van der Waals surface area contributed by atoms with Gasteiger partial charge >= 0.3 is 5.97 Å². The van der Waals surface area contributed by atoms with Crippen molar-refractivity contribution in [3.8, 4) is 0 Å². The maximum absolute atomic E-state index is 11.9. The fourth-order valence-electron chi connectivity index (χ4n) is 2.08. The van der Waals surface area contributed by atoms with Crippen LogP contribution in [0.5, 0.6) is 0 Å². The molecule has 0 amide bonds. The standard InChI is InChI=1S/C15H20N4O2/c1-4-13-14(9-19(3)18-13)17-10-6-7-12(16)11(8-10)15(20)21-5-2/h6-9,17H,4-5,16H2,1-3H3. The SMILES string of the molecule is CCOC(=O)c1cc(Nc2cn(C)nc2CC)ccc1N. The molecule has 0 aliphatic heterocycles. The highest BCUT2D eigenvalue weighted by molar-refractivity contribution is 5.96. The lowest BCUT2D eigenvalue weighted by Crippen LogP contribution is -2.08. The fourth-order valence-corrected chi connectivity index (χ4v) is 2.08. The Morgan fingerprint density at radius 2 is 2.19 bits per heavy atom. The number of aryl methyl sites for hydroxylation is 2. The van der Waals surface area contributed by atoms with Crippen LogP contribution in [-0.2, 0) is 18.2 Å². The topological polar surface area (TPSA) is 82.2 Å². The van der Waals surface area contributed by atoms with Crippen LogP contribution in [-0.4, -0.2) is 22.4 Å². The number of esters is 1. The number of ether oxygens (including phenoxy) is 1. The number of hydrogen-bond acceptors (Lipinski definition) is 5. The van der Waals surface area contributed by atoms with Gasteiger partial charge < -0.3 is 15.8 Å². The Morgan fingerprint density at radius 3 is 2.86 bits per heavy atom. The van der Waals surface area contributed by atoms with Crippen LogP contribution in [0.3, 0.4) is 0 Å². The summed E-state index contributed by atoms with van der Waals surface area (Å²) in [5.41, 5.74) is 9.25. The summed E-state index contributed by atoms with van der Waals surface area (Å²) < 4.78 is 6.75. The summed E-state index contributed by atoms with van der Waals surface area (Å²) in [5, 5.41) is 7.63. The second kappa shape index (κ2) is 6.30. The van der Waals surface area contributed by atoms with Crippen LogP contribution in [0, 0.1) is 0 Å². The minimum atomic E-state index is -0.416. The van der Waals surface area contributed by atoms with Crippen molar-refractivity contribution < 1.29 is 9.53 Å². The molecule has 2 rings (SSSR count). The lowest BCUT2D eigenvalue weighted by molar-refractivity contribution is 0.0527. The van der Waals surface area contributed by atoms with Gasteiger partial charge in [0.2, 0.25) is 0 Å². The van der Waals surface area contributed by atoms with Gasteiger partial charge in [0.15, 0.2) is 0 Å². The van der Waals surface area contributed by atoms with Crippen molar-refractivity contribution in [2.24, 2.45) is 7.05 Å². The Labute approximate surface area is 123 Å². The van der Waals surface area contributed by atoms with E-state index < -0.39 is 5.97 Å². The van der Waals surface area contributed by atoms with Crippen LogP contribution in [0.15, 0.2) is 24.4 Å². The predicted molar refractivity (Wildman–Crippen MR) is 82.7 cm³/mol. The van der Waals surface area contributed by atoms with Gasteiger partial charge in [-0.05, 0) is 31.5 Å². The van der Waals surface area contributed by atoms with Crippen LogP contribution >= 0.6 is 0 Å². The summed E-state index contributed by atoms with van der Waals surface area (Å²) in [6.45, 7) is 4.12. The molecule has 0 aliphatic rings. The van der Waals surface area contributed by atoms with E-state index in [0.717, 1.165) is 23.5 Å². The summed E-state index contributed by atoms with van der Waals surface area (Å²) in [4.78, 5) is 11.9. The Morgan fingerprint density at radius 1 is 1.43 bits per heavy atom. The molecule has 0 bridgehead atoms. The van der Waals surface area contributed by atoms with Crippen LogP contribution in [0.25, 0.3) is 0 Å². The van der Waals surface area contributed by atoms with Crippen molar-refractivity contribution >= 4 is 23.0 Å². The molecule has 0 saturated carbocycles. The largest absolute Gasteiger partial charge is 0.462 e. The van der Waals surface area contributed by atoms with Crippen molar-refractivity contribution in [3.05, 3.63) is 35.7 Å². The lowest BCUT2D eigenvalue weighted by atomic mass is 10.1. The first-order valence-electron chi connectivity index (χ1n) is 6.91. The molecule has 1 aromatic heterocycles. The minimum absolute atomic E-state index is 0.318. The molecule has 2 aromatic rings. The van der Waals surface area contributed by atoms with Crippen LogP contribution < -0.4 is 11.1 Å². The highest BCUT2D eigenvalue weighted by Gasteiger charge is 2.13. The predicted octanol–water partition coefficient (Wildman–Crippen LogP) is 2.48. The number of nitrogens with one attached hydrogen (secondary N) is 1. The number of aromatic nitrogens is 2. The highest BCUT2D eigenvalue weighted by atomic mass is 16.5. The number of rotatable bonds is 5. The number of nitrogens with zero attached hydrogens (tertiary/aromatic N) is 2. The van der Waals surface area contributed by atoms with E-state index in [-0.39, 0.29) is 0 Å². The zero-order valence-corrected chi connectivity index (χ0v) is 12.5. The van der Waals surface area contributed by atoms with Gasteiger partial charge in [0.05, 0.1) is 23.6 Å². The number of anilines is 3.